The number of halogens is 1. The number of aromatic nitrogens is 2. The van der Waals surface area contributed by atoms with Gasteiger partial charge in [0.2, 0.25) is 0 Å². The van der Waals surface area contributed by atoms with E-state index >= 15 is 0 Å². The molecule has 2 aliphatic rings. The van der Waals surface area contributed by atoms with Crippen LogP contribution in [-0.2, 0) is 4.74 Å². The summed E-state index contributed by atoms with van der Waals surface area (Å²) in [6, 6.07) is 7.56. The molecule has 6 rings (SSSR count). The predicted octanol–water partition coefficient (Wildman–Crippen LogP) is 6.15. The molecule has 3 aromatic heterocycles. The highest BCUT2D eigenvalue weighted by atomic mass is 32.1. The van der Waals surface area contributed by atoms with Crippen LogP contribution >= 0.6 is 22.7 Å². The molecular weight excluding hydrogens is 443 g/mol. The van der Waals surface area contributed by atoms with Gasteiger partial charge in [0.25, 0.3) is 0 Å². The Balaban J connectivity index is 1.38. The molecule has 166 valence electrons. The summed E-state index contributed by atoms with van der Waals surface area (Å²) < 4.78 is 21.3. The first-order chi connectivity index (χ1) is 15.7. The number of anilines is 2. The maximum atomic E-state index is 14.7. The lowest BCUT2D eigenvalue weighted by Crippen LogP contribution is -2.50. The molecule has 1 spiro atoms. The van der Waals surface area contributed by atoms with Gasteiger partial charge >= 0.3 is 0 Å². The van der Waals surface area contributed by atoms with E-state index in [0.717, 1.165) is 65.3 Å². The summed E-state index contributed by atoms with van der Waals surface area (Å²) in [6.07, 6.45) is 5.13. The van der Waals surface area contributed by atoms with Gasteiger partial charge in [0.15, 0.2) is 0 Å². The van der Waals surface area contributed by atoms with Gasteiger partial charge in [-0.25, -0.2) is 14.4 Å². The molecule has 0 unspecified atom stereocenters. The molecular formula is C24H25FN4OS2. The fourth-order valence-corrected chi connectivity index (χ4v) is 7.58. The van der Waals surface area contributed by atoms with E-state index in [4.69, 9.17) is 4.74 Å². The van der Waals surface area contributed by atoms with Crippen LogP contribution in [0.5, 0.6) is 0 Å². The maximum Gasteiger partial charge on any atom is 0.148 e. The molecule has 0 saturated carbocycles. The number of nitrogens with zero attached hydrogens (tertiary/aromatic N) is 3. The summed E-state index contributed by atoms with van der Waals surface area (Å²) in [7, 11) is 0. The third-order valence-electron chi connectivity index (χ3n) is 7.19. The zero-order valence-electron chi connectivity index (χ0n) is 17.9. The number of likely N-dealkylation sites (N-methyl/N-ethyl adjacent to an activating group) is 1. The molecule has 0 bridgehead atoms. The first-order valence-electron chi connectivity index (χ1n) is 11.2. The topological polar surface area (TPSA) is 50.3 Å². The van der Waals surface area contributed by atoms with Crippen LogP contribution in [0.4, 0.5) is 15.8 Å². The van der Waals surface area contributed by atoms with Crippen LogP contribution in [0, 0.1) is 5.82 Å². The fourth-order valence-electron chi connectivity index (χ4n) is 5.62. The highest BCUT2D eigenvalue weighted by molar-refractivity contribution is 7.18. The molecule has 32 heavy (non-hydrogen) atoms. The number of benzene rings is 1. The quantitative estimate of drug-likeness (QED) is 0.389. The van der Waals surface area contributed by atoms with Gasteiger partial charge in [-0.05, 0) is 56.6 Å². The Morgan fingerprint density at radius 3 is 2.94 bits per heavy atom. The minimum absolute atomic E-state index is 0.184. The molecule has 0 radical (unpaired) electrons. The van der Waals surface area contributed by atoms with E-state index in [1.165, 1.54) is 22.6 Å². The average Bonchev–Trinajstić information content (AvgIpc) is 3.51. The molecule has 0 aliphatic carbocycles. The van der Waals surface area contributed by atoms with E-state index in [1.807, 2.05) is 6.07 Å². The zero-order valence-corrected chi connectivity index (χ0v) is 19.6. The number of likely N-dealkylation sites (tertiary alicyclic amines) is 1. The molecule has 8 heteroatoms. The first-order valence-corrected chi connectivity index (χ1v) is 12.9. The minimum Gasteiger partial charge on any atom is -0.381 e. The van der Waals surface area contributed by atoms with Crippen molar-refractivity contribution in [1.29, 1.82) is 0 Å². The molecule has 0 amide bonds. The molecule has 4 aromatic rings. The highest BCUT2D eigenvalue weighted by Gasteiger charge is 2.49. The second-order valence-corrected chi connectivity index (χ2v) is 10.6. The summed E-state index contributed by atoms with van der Waals surface area (Å²) in [5, 5.41) is 4.38. The second-order valence-electron chi connectivity index (χ2n) is 8.64. The third-order valence-corrected chi connectivity index (χ3v) is 9.14. The van der Waals surface area contributed by atoms with Crippen LogP contribution in [0.1, 0.15) is 37.0 Å². The maximum absolute atomic E-state index is 14.7. The predicted molar refractivity (Wildman–Crippen MR) is 130 cm³/mol. The normalized spacial score (nSPS) is 21.1. The van der Waals surface area contributed by atoms with Crippen molar-refractivity contribution in [2.75, 3.05) is 31.6 Å². The molecule has 1 aromatic carbocycles. The van der Waals surface area contributed by atoms with E-state index in [0.29, 0.717) is 11.6 Å². The largest absolute Gasteiger partial charge is 0.381 e. The van der Waals surface area contributed by atoms with Gasteiger partial charge in [-0.15, -0.1) is 22.7 Å². The Morgan fingerprint density at radius 1 is 1.22 bits per heavy atom. The van der Waals surface area contributed by atoms with Crippen LogP contribution in [-0.4, -0.2) is 46.7 Å². The Bertz CT molecular complexity index is 1280. The number of ether oxygens (including phenoxy) is 1. The molecule has 2 aliphatic heterocycles. The van der Waals surface area contributed by atoms with Gasteiger partial charge < -0.3 is 10.1 Å². The van der Waals surface area contributed by atoms with Crippen LogP contribution in [0.3, 0.4) is 0 Å². The van der Waals surface area contributed by atoms with Gasteiger partial charge in [0.05, 0.1) is 27.1 Å². The number of hydrogen-bond donors (Lipinski definition) is 1. The van der Waals surface area contributed by atoms with E-state index in [1.54, 1.807) is 35.2 Å². The summed E-state index contributed by atoms with van der Waals surface area (Å²) in [5.41, 5.74) is 4.07. The van der Waals surface area contributed by atoms with E-state index < -0.39 is 0 Å². The molecule has 2 fully saturated rings. The molecule has 2 saturated heterocycles. The second kappa shape index (κ2) is 8.02. The monoisotopic (exact) mass is 468 g/mol. The first kappa shape index (κ1) is 20.5. The summed E-state index contributed by atoms with van der Waals surface area (Å²) in [6.45, 7) is 6.14. The van der Waals surface area contributed by atoms with Gasteiger partial charge in [-0.2, -0.15) is 0 Å². The van der Waals surface area contributed by atoms with Gasteiger partial charge in [-0.3, -0.25) is 4.90 Å². The number of thiazole rings is 1. The van der Waals surface area contributed by atoms with Gasteiger partial charge in [-0.1, -0.05) is 6.92 Å². The lowest BCUT2D eigenvalue weighted by Gasteiger charge is -2.44. The van der Waals surface area contributed by atoms with Crippen molar-refractivity contribution in [3.05, 3.63) is 46.7 Å². The fraction of sp³-hybridized carbons (Fsp3) is 0.417. The molecule has 5 heterocycles. The Kier molecular flexibility index (Phi) is 5.13. The lowest BCUT2D eigenvalue weighted by molar-refractivity contribution is -0.0132. The Morgan fingerprint density at radius 2 is 2.09 bits per heavy atom. The number of fused-ring (bicyclic) bond motifs is 2. The van der Waals surface area contributed by atoms with E-state index in [9.17, 15) is 4.39 Å². The van der Waals surface area contributed by atoms with E-state index in [2.05, 4.69) is 33.2 Å². The number of rotatable bonds is 4. The van der Waals surface area contributed by atoms with Crippen molar-refractivity contribution >= 4 is 54.5 Å². The van der Waals surface area contributed by atoms with Crippen LogP contribution in [0.15, 0.2) is 36.0 Å². The van der Waals surface area contributed by atoms with Crippen LogP contribution in [0.25, 0.3) is 20.4 Å². The van der Waals surface area contributed by atoms with Gasteiger partial charge in [0.1, 0.15) is 10.6 Å². The van der Waals surface area contributed by atoms with Crippen molar-refractivity contribution < 1.29 is 9.13 Å². The molecule has 1 atom stereocenters. The minimum atomic E-state index is -0.266. The van der Waals surface area contributed by atoms with Gasteiger partial charge in [0, 0.05) is 41.1 Å². The van der Waals surface area contributed by atoms with Crippen molar-refractivity contribution in [2.24, 2.45) is 0 Å². The van der Waals surface area contributed by atoms with Crippen molar-refractivity contribution in [2.45, 2.75) is 37.6 Å². The number of nitrogens with one attached hydrogen (secondary N) is 1. The number of hydrogen-bond acceptors (Lipinski definition) is 7. The van der Waals surface area contributed by atoms with Crippen LogP contribution < -0.4 is 5.32 Å². The SMILES string of the molecule is CCN1CC[C@@H](c2cc3c(Nc4cc5ncsc5cc4F)ccnc3s2)C12CCOCC2. The molecule has 1 N–H and O–H groups in total. The highest BCUT2D eigenvalue weighted by Crippen LogP contribution is 2.50. The van der Waals surface area contributed by atoms with Crippen molar-refractivity contribution in [1.82, 2.24) is 14.9 Å². The standard InChI is InChI=1S/C24H25FN4OS2/c1-2-29-8-4-16(24(29)5-9-30-10-6-24)21-11-15-18(3-7-26-23(15)32-21)28-19-13-20-22(12-17(19)25)31-14-27-20/h3,7,11-14,16H,2,4-6,8-10H2,1H3,(H,26,28)/t16-/m0/s1. The summed E-state index contributed by atoms with van der Waals surface area (Å²) in [4.78, 5) is 14.0. The van der Waals surface area contributed by atoms with Crippen LogP contribution in [0.2, 0.25) is 0 Å². The smallest absolute Gasteiger partial charge is 0.148 e. The molecule has 5 nitrogen and oxygen atoms in total. The van der Waals surface area contributed by atoms with Crippen molar-refractivity contribution in [3.8, 4) is 0 Å². The third kappa shape index (κ3) is 3.23. The number of pyridine rings is 1. The summed E-state index contributed by atoms with van der Waals surface area (Å²) >= 11 is 3.23. The summed E-state index contributed by atoms with van der Waals surface area (Å²) in [5.74, 6) is 0.221. The van der Waals surface area contributed by atoms with Crippen molar-refractivity contribution in [3.63, 3.8) is 0 Å². The zero-order chi connectivity index (χ0) is 21.7. The Labute approximate surface area is 194 Å². The number of thiophene rings is 1. The van der Waals surface area contributed by atoms with E-state index in [-0.39, 0.29) is 11.4 Å². The Hall–Kier alpha value is -2.13. The average molecular weight is 469 g/mol. The lowest BCUT2D eigenvalue weighted by atomic mass is 9.77.